The lowest BCUT2D eigenvalue weighted by molar-refractivity contribution is 0.0196. The number of rotatable bonds is 5. The summed E-state index contributed by atoms with van der Waals surface area (Å²) in [5.74, 6) is 1.38. The zero-order chi connectivity index (χ0) is 22.1. The molecule has 5 rings (SSSR count). The second-order valence-electron chi connectivity index (χ2n) is 9.26. The molecule has 0 bridgehead atoms. The highest BCUT2D eigenvalue weighted by Gasteiger charge is 2.29. The van der Waals surface area contributed by atoms with Crippen LogP contribution in [0.1, 0.15) is 38.2 Å². The maximum absolute atomic E-state index is 10.3. The molecule has 2 aromatic heterocycles. The van der Waals surface area contributed by atoms with E-state index in [2.05, 4.69) is 45.8 Å². The summed E-state index contributed by atoms with van der Waals surface area (Å²) in [5.41, 5.74) is 3.76. The van der Waals surface area contributed by atoms with Crippen LogP contribution in [0, 0.1) is 6.92 Å². The van der Waals surface area contributed by atoms with E-state index in [1.807, 2.05) is 29.8 Å². The average molecular weight is 437 g/mol. The Morgan fingerprint density at radius 2 is 1.94 bits per heavy atom. The van der Waals surface area contributed by atoms with Gasteiger partial charge in [0.15, 0.2) is 5.82 Å². The van der Waals surface area contributed by atoms with Gasteiger partial charge in [-0.15, -0.1) is 5.10 Å². The SMILES string of the molecule is Cc1cc(N2CCOCC2)ccc1Nc1nc(NC2CCC(C)(O)CC2)c2cccn2n1. The molecule has 0 radical (unpaired) electrons. The summed E-state index contributed by atoms with van der Waals surface area (Å²) < 4.78 is 7.32. The van der Waals surface area contributed by atoms with Crippen LogP contribution in [0.2, 0.25) is 0 Å². The van der Waals surface area contributed by atoms with Crippen molar-refractivity contribution in [2.24, 2.45) is 0 Å². The first-order valence-electron chi connectivity index (χ1n) is 11.5. The molecule has 0 atom stereocenters. The molecule has 1 aromatic carbocycles. The van der Waals surface area contributed by atoms with Gasteiger partial charge in [0.1, 0.15) is 5.52 Å². The standard InChI is InChI=1S/C24H32N6O2/c1-17-16-19(29-12-14-32-15-13-29)5-6-20(17)26-23-27-22(21-4-3-11-30(21)28-23)25-18-7-9-24(2,31)10-8-18/h3-6,11,16,18,31H,7-10,12-15H2,1-2H3,(H2,25,26,27,28). The van der Waals surface area contributed by atoms with Gasteiger partial charge in [-0.3, -0.25) is 0 Å². The van der Waals surface area contributed by atoms with E-state index in [0.29, 0.717) is 12.0 Å². The summed E-state index contributed by atoms with van der Waals surface area (Å²) in [7, 11) is 0. The highest BCUT2D eigenvalue weighted by Crippen LogP contribution is 2.31. The Bertz CT molecular complexity index is 1080. The molecule has 3 heterocycles. The van der Waals surface area contributed by atoms with Crippen molar-refractivity contribution in [3.63, 3.8) is 0 Å². The molecule has 3 aromatic rings. The van der Waals surface area contributed by atoms with E-state index in [4.69, 9.17) is 9.72 Å². The Morgan fingerprint density at radius 1 is 1.16 bits per heavy atom. The van der Waals surface area contributed by atoms with Gasteiger partial charge in [0, 0.05) is 36.7 Å². The summed E-state index contributed by atoms with van der Waals surface area (Å²) in [6.45, 7) is 7.42. The first kappa shape index (κ1) is 21.0. The van der Waals surface area contributed by atoms with E-state index in [9.17, 15) is 5.11 Å². The second-order valence-corrected chi connectivity index (χ2v) is 9.26. The van der Waals surface area contributed by atoms with Gasteiger partial charge < -0.3 is 25.4 Å². The van der Waals surface area contributed by atoms with Crippen LogP contribution in [0.4, 0.5) is 23.1 Å². The molecule has 2 fully saturated rings. The highest BCUT2D eigenvalue weighted by molar-refractivity contribution is 5.71. The molecular weight excluding hydrogens is 404 g/mol. The van der Waals surface area contributed by atoms with E-state index in [0.717, 1.165) is 74.6 Å². The lowest BCUT2D eigenvalue weighted by Gasteiger charge is -2.33. The summed E-state index contributed by atoms with van der Waals surface area (Å²) in [6.07, 6.45) is 5.39. The van der Waals surface area contributed by atoms with Crippen molar-refractivity contribution in [1.29, 1.82) is 0 Å². The first-order valence-corrected chi connectivity index (χ1v) is 11.5. The predicted molar refractivity (Wildman–Crippen MR) is 127 cm³/mol. The van der Waals surface area contributed by atoms with Gasteiger partial charge in [-0.05, 0) is 75.4 Å². The molecule has 1 saturated carbocycles. The van der Waals surface area contributed by atoms with Crippen molar-refractivity contribution in [2.45, 2.75) is 51.2 Å². The van der Waals surface area contributed by atoms with E-state index in [-0.39, 0.29) is 0 Å². The summed E-state index contributed by atoms with van der Waals surface area (Å²) >= 11 is 0. The predicted octanol–water partition coefficient (Wildman–Crippen LogP) is 3.72. The fourth-order valence-electron chi connectivity index (χ4n) is 4.60. The summed E-state index contributed by atoms with van der Waals surface area (Å²) in [4.78, 5) is 7.16. The smallest absolute Gasteiger partial charge is 0.247 e. The molecular formula is C24H32N6O2. The van der Waals surface area contributed by atoms with Gasteiger partial charge in [-0.25, -0.2) is 4.52 Å². The largest absolute Gasteiger partial charge is 0.390 e. The molecule has 170 valence electrons. The molecule has 1 saturated heterocycles. The lowest BCUT2D eigenvalue weighted by atomic mass is 9.84. The van der Waals surface area contributed by atoms with E-state index >= 15 is 0 Å². The number of hydrogen-bond donors (Lipinski definition) is 3. The fourth-order valence-corrected chi connectivity index (χ4v) is 4.60. The molecule has 1 aliphatic carbocycles. The van der Waals surface area contributed by atoms with Crippen molar-refractivity contribution in [1.82, 2.24) is 14.6 Å². The third-order valence-electron chi connectivity index (χ3n) is 6.63. The van der Waals surface area contributed by atoms with Crippen molar-refractivity contribution in [3.05, 3.63) is 42.1 Å². The molecule has 8 nitrogen and oxygen atoms in total. The minimum Gasteiger partial charge on any atom is -0.390 e. The monoisotopic (exact) mass is 436 g/mol. The van der Waals surface area contributed by atoms with Crippen molar-refractivity contribution < 1.29 is 9.84 Å². The molecule has 0 amide bonds. The maximum Gasteiger partial charge on any atom is 0.247 e. The summed E-state index contributed by atoms with van der Waals surface area (Å²) in [6, 6.07) is 10.7. The first-order chi connectivity index (χ1) is 15.5. The van der Waals surface area contributed by atoms with Crippen LogP contribution in [0.3, 0.4) is 0 Å². The molecule has 0 spiro atoms. The molecule has 8 heteroatoms. The number of hydrogen-bond acceptors (Lipinski definition) is 7. The van der Waals surface area contributed by atoms with Crippen LogP contribution in [0.15, 0.2) is 36.5 Å². The van der Waals surface area contributed by atoms with Gasteiger partial charge in [0.2, 0.25) is 5.95 Å². The fraction of sp³-hybridized carbons (Fsp3) is 0.500. The zero-order valence-electron chi connectivity index (χ0n) is 18.8. The average Bonchev–Trinajstić information content (AvgIpc) is 3.26. The van der Waals surface area contributed by atoms with Gasteiger partial charge in [0.05, 0.1) is 18.8 Å². The third kappa shape index (κ3) is 4.52. The molecule has 0 unspecified atom stereocenters. The molecule has 2 aliphatic rings. The van der Waals surface area contributed by atoms with Crippen LogP contribution in [0.25, 0.3) is 5.52 Å². The number of fused-ring (bicyclic) bond motifs is 1. The topological polar surface area (TPSA) is 87.0 Å². The molecule has 1 aliphatic heterocycles. The van der Waals surface area contributed by atoms with Gasteiger partial charge in [0.25, 0.3) is 0 Å². The molecule has 32 heavy (non-hydrogen) atoms. The van der Waals surface area contributed by atoms with Crippen LogP contribution >= 0.6 is 0 Å². The Kier molecular flexibility index (Phi) is 5.65. The number of aryl methyl sites for hydroxylation is 1. The van der Waals surface area contributed by atoms with Crippen LogP contribution < -0.4 is 15.5 Å². The lowest BCUT2D eigenvalue weighted by Crippen LogP contribution is -2.36. The normalized spacial score (nSPS) is 24.0. The maximum atomic E-state index is 10.3. The Labute approximate surface area is 188 Å². The van der Waals surface area contributed by atoms with E-state index in [1.165, 1.54) is 5.69 Å². The van der Waals surface area contributed by atoms with Crippen molar-refractivity contribution >= 4 is 28.7 Å². The minimum atomic E-state index is -0.550. The van der Waals surface area contributed by atoms with E-state index < -0.39 is 5.60 Å². The number of nitrogens with zero attached hydrogens (tertiary/aromatic N) is 4. The van der Waals surface area contributed by atoms with Crippen molar-refractivity contribution in [3.8, 4) is 0 Å². The van der Waals surface area contributed by atoms with Crippen LogP contribution in [-0.2, 0) is 4.74 Å². The Hall–Kier alpha value is -2.84. The number of ether oxygens (including phenoxy) is 1. The van der Waals surface area contributed by atoms with Crippen molar-refractivity contribution in [2.75, 3.05) is 41.8 Å². The Morgan fingerprint density at radius 3 is 2.69 bits per heavy atom. The zero-order valence-corrected chi connectivity index (χ0v) is 18.8. The van der Waals surface area contributed by atoms with Gasteiger partial charge >= 0.3 is 0 Å². The van der Waals surface area contributed by atoms with Gasteiger partial charge in [-0.2, -0.15) is 4.98 Å². The molecule has 3 N–H and O–H groups in total. The van der Waals surface area contributed by atoms with Crippen LogP contribution in [0.5, 0.6) is 0 Å². The Balaban J connectivity index is 1.35. The number of benzene rings is 1. The summed E-state index contributed by atoms with van der Waals surface area (Å²) in [5, 5.41) is 21.9. The number of aromatic nitrogens is 3. The van der Waals surface area contributed by atoms with E-state index in [1.54, 1.807) is 0 Å². The number of morpholine rings is 1. The van der Waals surface area contributed by atoms with Crippen LogP contribution in [-0.4, -0.2) is 57.7 Å². The minimum absolute atomic E-state index is 0.297. The third-order valence-corrected chi connectivity index (χ3v) is 6.63. The highest BCUT2D eigenvalue weighted by atomic mass is 16.5. The van der Waals surface area contributed by atoms with Gasteiger partial charge in [-0.1, -0.05) is 0 Å². The number of nitrogens with one attached hydrogen (secondary N) is 2. The number of aliphatic hydroxyl groups is 1. The quantitative estimate of drug-likeness (QED) is 0.562. The number of anilines is 4. The second kappa shape index (κ2) is 8.60.